The molecule has 0 N–H and O–H groups in total. The van der Waals surface area contributed by atoms with Crippen LogP contribution in [0.4, 0.5) is 28.9 Å². The molecule has 4 aromatic rings. The van der Waals surface area contributed by atoms with Crippen LogP contribution in [0.1, 0.15) is 55.4 Å². The molecule has 9 heteroatoms. The van der Waals surface area contributed by atoms with Crippen molar-refractivity contribution in [1.82, 2.24) is 0 Å². The van der Waals surface area contributed by atoms with Crippen LogP contribution in [0, 0.1) is 46.2 Å². The Morgan fingerprint density at radius 1 is 0.622 bits per heavy atom. The van der Waals surface area contributed by atoms with E-state index in [0.717, 1.165) is 12.1 Å². The summed E-state index contributed by atoms with van der Waals surface area (Å²) in [5, 5.41) is 0. The van der Waals surface area contributed by atoms with Crippen molar-refractivity contribution in [3.05, 3.63) is 120 Å². The fraction of sp³-hybridized carbons (Fsp3) is 0.333. The molecule has 0 aliphatic carbocycles. The number of hydrogen-bond acceptors (Lipinski definition) is 2. The molecule has 0 aliphatic heterocycles. The maximum Gasteiger partial charge on any atom is 4.00 e. The zero-order valence-corrected chi connectivity index (χ0v) is 28.8. The molecule has 0 fully saturated rings. The summed E-state index contributed by atoms with van der Waals surface area (Å²) in [7, 11) is 0. The molecular formula is C36H42F4N2O2Ti. The molecule has 0 spiro atoms. The minimum Gasteiger partial charge on any atom is -0.363 e. The molecule has 4 aromatic carbocycles. The van der Waals surface area contributed by atoms with E-state index in [0.29, 0.717) is 13.1 Å². The van der Waals surface area contributed by atoms with Gasteiger partial charge in [0.25, 0.3) is 0 Å². The van der Waals surface area contributed by atoms with Crippen LogP contribution in [-0.4, -0.2) is 24.9 Å². The average molecular weight is 659 g/mol. The van der Waals surface area contributed by atoms with Crippen molar-refractivity contribution in [2.45, 2.75) is 55.4 Å². The van der Waals surface area contributed by atoms with Crippen LogP contribution in [0.3, 0.4) is 0 Å². The number of benzene rings is 2. The van der Waals surface area contributed by atoms with Crippen molar-refractivity contribution in [2.24, 2.45) is 10.8 Å². The third-order valence-corrected chi connectivity index (χ3v) is 5.78. The molecule has 0 saturated heterocycles. The van der Waals surface area contributed by atoms with Gasteiger partial charge in [0.15, 0.2) is 0 Å². The topological polar surface area (TPSA) is 40.6 Å². The van der Waals surface area contributed by atoms with Crippen LogP contribution >= 0.6 is 0 Å². The van der Waals surface area contributed by atoms with Gasteiger partial charge < -0.3 is 9.80 Å². The van der Waals surface area contributed by atoms with Gasteiger partial charge in [-0.05, 0) is 25.2 Å². The Morgan fingerprint density at radius 3 is 1.09 bits per heavy atom. The summed E-state index contributed by atoms with van der Waals surface area (Å²) in [5.41, 5.74) is -1.10. The Bertz CT molecular complexity index is 1250. The fourth-order valence-electron chi connectivity index (χ4n) is 3.59. The van der Waals surface area contributed by atoms with Crippen molar-refractivity contribution in [2.75, 3.05) is 22.9 Å². The van der Waals surface area contributed by atoms with E-state index in [9.17, 15) is 27.2 Å². The molecule has 2 amide bonds. The maximum absolute atomic E-state index is 13.5. The predicted molar refractivity (Wildman–Crippen MR) is 169 cm³/mol. The summed E-state index contributed by atoms with van der Waals surface area (Å²) in [6, 6.07) is 28.6. The summed E-state index contributed by atoms with van der Waals surface area (Å²) < 4.78 is 52.6. The molecule has 0 aliphatic rings. The second-order valence-corrected chi connectivity index (χ2v) is 11.5. The first kappa shape index (κ1) is 41.5. The van der Waals surface area contributed by atoms with Crippen molar-refractivity contribution in [1.29, 1.82) is 0 Å². The maximum atomic E-state index is 13.5. The number of carbonyl (C=O) groups is 2. The van der Waals surface area contributed by atoms with Gasteiger partial charge in [0, 0.05) is 47.2 Å². The molecule has 0 bridgehead atoms. The Morgan fingerprint density at radius 2 is 0.911 bits per heavy atom. The van der Waals surface area contributed by atoms with Gasteiger partial charge in [0.05, 0.1) is 0 Å². The van der Waals surface area contributed by atoms with Crippen LogP contribution < -0.4 is 9.80 Å². The third-order valence-electron chi connectivity index (χ3n) is 5.78. The summed E-state index contributed by atoms with van der Waals surface area (Å²) in [5.74, 6) is -3.65. The van der Waals surface area contributed by atoms with E-state index in [1.54, 1.807) is 55.4 Å². The summed E-state index contributed by atoms with van der Waals surface area (Å²) in [6.45, 7) is 14.7. The van der Waals surface area contributed by atoms with E-state index in [2.05, 4.69) is 0 Å². The molecule has 0 atom stereocenters. The summed E-state index contributed by atoms with van der Waals surface area (Å²) in [6.07, 6.45) is 0. The molecule has 4 nitrogen and oxygen atoms in total. The van der Waals surface area contributed by atoms with E-state index >= 15 is 0 Å². The normalized spacial score (nSPS) is 10.4. The van der Waals surface area contributed by atoms with Gasteiger partial charge in [-0.3, -0.25) is 9.59 Å². The van der Waals surface area contributed by atoms with Gasteiger partial charge in [0.1, 0.15) is 0 Å². The predicted octanol–water partition coefficient (Wildman–Crippen LogP) is 9.14. The van der Waals surface area contributed by atoms with Gasteiger partial charge in [-0.2, -0.15) is 36.4 Å². The second-order valence-electron chi connectivity index (χ2n) is 11.5. The number of anilines is 2. The smallest absolute Gasteiger partial charge is 0.363 e. The van der Waals surface area contributed by atoms with Crippen molar-refractivity contribution < 1.29 is 48.9 Å². The first-order valence-corrected chi connectivity index (χ1v) is 14.3. The van der Waals surface area contributed by atoms with Gasteiger partial charge in [-0.1, -0.05) is 41.5 Å². The van der Waals surface area contributed by atoms with Gasteiger partial charge >= 0.3 is 21.7 Å². The summed E-state index contributed by atoms with van der Waals surface area (Å²) in [4.78, 5) is 26.8. The van der Waals surface area contributed by atoms with E-state index in [1.807, 2.05) is 72.8 Å². The summed E-state index contributed by atoms with van der Waals surface area (Å²) >= 11 is 0. The SMILES string of the molecule is CCN(C(=O)C(C)(C)C)c1ccc(F)[c-]c1F.CCN(C(=O)C(C)(C)C)c1ccc(F)[c-]c1F.[Ti+4].c1cc[cH-]c1.c1cc[cH-]c1. The standard InChI is InChI=1S/2C13H16F2NO.2C5H5.Ti/c2*1-5-16(12(17)13(2,3)4)11-7-6-9(14)8-10(11)15;2*1-2-4-5-3-1;/h2*6-7H,5H2,1-4H3;2*1-5H;/q4*-1;+4. The van der Waals surface area contributed by atoms with Crippen LogP contribution in [-0.2, 0) is 31.3 Å². The average Bonchev–Trinajstić information content (AvgIpc) is 3.71. The van der Waals surface area contributed by atoms with E-state index in [4.69, 9.17) is 0 Å². The second kappa shape index (κ2) is 19.8. The third kappa shape index (κ3) is 14.4. The van der Waals surface area contributed by atoms with Crippen LogP contribution in [0.2, 0.25) is 0 Å². The Hall–Kier alpha value is -3.49. The fourth-order valence-corrected chi connectivity index (χ4v) is 3.59. The molecule has 0 aromatic heterocycles. The number of carbonyl (C=O) groups excluding carboxylic acids is 2. The molecule has 0 radical (unpaired) electrons. The van der Waals surface area contributed by atoms with E-state index in [-0.39, 0.29) is 44.9 Å². The molecule has 45 heavy (non-hydrogen) atoms. The number of hydrogen-bond donors (Lipinski definition) is 0. The van der Waals surface area contributed by atoms with Crippen molar-refractivity contribution in [3.8, 4) is 0 Å². The first-order valence-electron chi connectivity index (χ1n) is 14.3. The Labute approximate surface area is 280 Å². The van der Waals surface area contributed by atoms with Crippen LogP contribution in [0.15, 0.2) is 84.9 Å². The largest absolute Gasteiger partial charge is 4.00 e. The molecule has 0 unspecified atom stereocenters. The van der Waals surface area contributed by atoms with Gasteiger partial charge in [0.2, 0.25) is 11.8 Å². The zero-order valence-electron chi connectivity index (χ0n) is 27.2. The van der Waals surface area contributed by atoms with E-state index in [1.165, 1.54) is 21.9 Å². The van der Waals surface area contributed by atoms with Crippen molar-refractivity contribution >= 4 is 23.2 Å². The molecule has 240 valence electrons. The molecular weight excluding hydrogens is 616 g/mol. The molecule has 0 saturated carbocycles. The number of halogens is 4. The Kier molecular flexibility index (Phi) is 18.3. The van der Waals surface area contributed by atoms with Crippen molar-refractivity contribution in [3.63, 3.8) is 0 Å². The Balaban J connectivity index is 0.000000644. The number of rotatable bonds is 4. The van der Waals surface area contributed by atoms with Crippen LogP contribution in [0.5, 0.6) is 0 Å². The first-order chi connectivity index (χ1) is 20.5. The van der Waals surface area contributed by atoms with Crippen LogP contribution in [0.25, 0.3) is 0 Å². The minimum absolute atomic E-state index is 0. The monoisotopic (exact) mass is 658 g/mol. The molecule has 4 rings (SSSR count). The zero-order chi connectivity index (χ0) is 33.5. The number of nitrogens with zero attached hydrogens (tertiary/aromatic N) is 2. The molecule has 0 heterocycles. The minimum atomic E-state index is -0.843. The van der Waals surface area contributed by atoms with Gasteiger partial charge in [-0.25, -0.2) is 41.8 Å². The van der Waals surface area contributed by atoms with Gasteiger partial charge in [-0.15, -0.1) is 36.4 Å². The quantitative estimate of drug-likeness (QED) is 0.125. The number of amides is 2. The van der Waals surface area contributed by atoms with E-state index < -0.39 is 34.1 Å².